The smallest absolute Gasteiger partial charge is 0.174 e. The maximum absolute atomic E-state index is 12.2. The Hall–Kier alpha value is -0.940. The first kappa shape index (κ1) is 14.1. The minimum Gasteiger partial charge on any atom is -0.493 e. The normalized spacial score (nSPS) is 10.4. The summed E-state index contributed by atoms with van der Waals surface area (Å²) in [7, 11) is 3.19. The highest BCUT2D eigenvalue weighted by molar-refractivity contribution is 7.99. The van der Waals surface area contributed by atoms with Crippen LogP contribution in [0.25, 0.3) is 0 Å². The van der Waals surface area contributed by atoms with Crippen molar-refractivity contribution in [3.63, 3.8) is 0 Å². The highest BCUT2D eigenvalue weighted by atomic mass is 32.2. The Bertz CT molecular complexity index is 361. The summed E-state index contributed by atoms with van der Waals surface area (Å²) in [6.45, 7) is 0.192. The second kappa shape index (κ2) is 7.40. The molecule has 0 amide bonds. The number of halogens is 1. The maximum Gasteiger partial charge on any atom is 0.174 e. The van der Waals surface area contributed by atoms with Gasteiger partial charge in [-0.05, 0) is 24.6 Å². The molecule has 0 saturated heterocycles. The van der Waals surface area contributed by atoms with Gasteiger partial charge < -0.3 is 15.2 Å². The van der Waals surface area contributed by atoms with Crippen molar-refractivity contribution in [3.05, 3.63) is 17.7 Å². The summed E-state index contributed by atoms with van der Waals surface area (Å²) in [6, 6.07) is 3.88. The monoisotopic (exact) mass is 259 g/mol. The van der Waals surface area contributed by atoms with E-state index in [1.54, 1.807) is 14.2 Å². The third-order valence-corrected chi connectivity index (χ3v) is 3.31. The van der Waals surface area contributed by atoms with Gasteiger partial charge in [0.1, 0.15) is 0 Å². The van der Waals surface area contributed by atoms with Crippen LogP contribution in [-0.2, 0) is 6.42 Å². The van der Waals surface area contributed by atoms with Crippen LogP contribution >= 0.6 is 11.8 Å². The lowest BCUT2D eigenvalue weighted by Crippen LogP contribution is -2.05. The third-order valence-electron chi connectivity index (χ3n) is 2.31. The molecular weight excluding hydrogens is 241 g/mol. The standard InChI is InChI=1S/C12H18FNO2S/c1-15-11-9(5-7-14)3-4-10(12(11)16-2)17-8-6-13/h3-4H,5-8,14H2,1-2H3. The number of alkyl halides is 1. The van der Waals surface area contributed by atoms with Crippen LogP contribution in [0, 0.1) is 0 Å². The summed E-state index contributed by atoms with van der Waals surface area (Å²) in [5, 5.41) is 0. The topological polar surface area (TPSA) is 44.5 Å². The van der Waals surface area contributed by atoms with E-state index >= 15 is 0 Å². The summed E-state index contributed by atoms with van der Waals surface area (Å²) in [5.74, 6) is 1.77. The number of hydrogen-bond donors (Lipinski definition) is 1. The number of hydrogen-bond acceptors (Lipinski definition) is 4. The zero-order valence-corrected chi connectivity index (χ0v) is 11.0. The fraction of sp³-hybridized carbons (Fsp3) is 0.500. The second-order valence-electron chi connectivity index (χ2n) is 3.37. The highest BCUT2D eigenvalue weighted by Gasteiger charge is 2.14. The third kappa shape index (κ3) is 3.51. The number of benzene rings is 1. The van der Waals surface area contributed by atoms with Crippen LogP contribution in [0.3, 0.4) is 0 Å². The molecule has 0 aliphatic heterocycles. The fourth-order valence-electron chi connectivity index (χ4n) is 1.62. The minimum atomic E-state index is -0.360. The summed E-state index contributed by atoms with van der Waals surface area (Å²) in [6.07, 6.45) is 0.730. The lowest BCUT2D eigenvalue weighted by atomic mass is 10.1. The Kier molecular flexibility index (Phi) is 6.15. The van der Waals surface area contributed by atoms with Crippen LogP contribution < -0.4 is 15.2 Å². The Labute approximate surface area is 105 Å². The van der Waals surface area contributed by atoms with Crippen molar-refractivity contribution in [1.82, 2.24) is 0 Å². The summed E-state index contributed by atoms with van der Waals surface area (Å²) in [4.78, 5) is 0.891. The summed E-state index contributed by atoms with van der Waals surface area (Å²) < 4.78 is 22.9. The molecule has 0 bridgehead atoms. The number of rotatable bonds is 7. The first-order valence-corrected chi connectivity index (χ1v) is 6.39. The Morgan fingerprint density at radius 3 is 2.47 bits per heavy atom. The molecule has 0 spiro atoms. The highest BCUT2D eigenvalue weighted by Crippen LogP contribution is 2.40. The lowest BCUT2D eigenvalue weighted by molar-refractivity contribution is 0.345. The number of thioether (sulfide) groups is 1. The van der Waals surface area contributed by atoms with E-state index in [1.165, 1.54) is 11.8 Å². The largest absolute Gasteiger partial charge is 0.493 e. The van der Waals surface area contributed by atoms with Crippen LogP contribution in [0.15, 0.2) is 17.0 Å². The van der Waals surface area contributed by atoms with Crippen LogP contribution in [0.1, 0.15) is 5.56 Å². The van der Waals surface area contributed by atoms with E-state index < -0.39 is 0 Å². The molecule has 0 aromatic heterocycles. The van der Waals surface area contributed by atoms with Gasteiger partial charge >= 0.3 is 0 Å². The van der Waals surface area contributed by atoms with Gasteiger partial charge in [-0.15, -0.1) is 11.8 Å². The number of nitrogens with two attached hydrogens (primary N) is 1. The zero-order chi connectivity index (χ0) is 12.7. The van der Waals surface area contributed by atoms with Crippen LogP contribution in [0.4, 0.5) is 4.39 Å². The van der Waals surface area contributed by atoms with Crippen molar-refractivity contribution in [2.24, 2.45) is 5.73 Å². The first-order chi connectivity index (χ1) is 8.28. The molecule has 3 nitrogen and oxygen atoms in total. The molecule has 0 saturated carbocycles. The van der Waals surface area contributed by atoms with E-state index in [0.717, 1.165) is 16.9 Å². The molecule has 2 N–H and O–H groups in total. The Morgan fingerprint density at radius 2 is 1.94 bits per heavy atom. The second-order valence-corrected chi connectivity index (χ2v) is 4.50. The average molecular weight is 259 g/mol. The van der Waals surface area contributed by atoms with Gasteiger partial charge in [0.25, 0.3) is 0 Å². The van der Waals surface area contributed by atoms with Crippen molar-refractivity contribution < 1.29 is 13.9 Å². The van der Waals surface area contributed by atoms with Crippen LogP contribution in [0.2, 0.25) is 0 Å². The van der Waals surface area contributed by atoms with Gasteiger partial charge in [0.15, 0.2) is 11.5 Å². The van der Waals surface area contributed by atoms with E-state index in [0.29, 0.717) is 23.8 Å². The molecule has 96 valence electrons. The van der Waals surface area contributed by atoms with E-state index in [2.05, 4.69) is 0 Å². The van der Waals surface area contributed by atoms with Gasteiger partial charge in [-0.25, -0.2) is 0 Å². The van der Waals surface area contributed by atoms with Gasteiger partial charge in [0, 0.05) is 5.75 Å². The minimum absolute atomic E-state index is 0.360. The van der Waals surface area contributed by atoms with Crippen molar-refractivity contribution >= 4 is 11.8 Å². The molecule has 0 aliphatic rings. The van der Waals surface area contributed by atoms with Crippen molar-refractivity contribution in [2.45, 2.75) is 11.3 Å². The van der Waals surface area contributed by atoms with Crippen molar-refractivity contribution in [1.29, 1.82) is 0 Å². The Balaban J connectivity index is 3.08. The number of ether oxygens (including phenoxy) is 2. The molecule has 0 aliphatic carbocycles. The predicted molar refractivity (Wildman–Crippen MR) is 69.0 cm³/mol. The van der Waals surface area contributed by atoms with E-state index in [9.17, 15) is 4.39 Å². The molecule has 0 atom stereocenters. The number of methoxy groups -OCH3 is 2. The maximum atomic E-state index is 12.2. The SMILES string of the molecule is COc1c(CCN)ccc(SCCF)c1OC. The van der Waals surface area contributed by atoms with Crippen LogP contribution in [-0.4, -0.2) is 33.2 Å². The molecule has 1 aromatic carbocycles. The zero-order valence-electron chi connectivity index (χ0n) is 10.2. The van der Waals surface area contributed by atoms with Gasteiger partial charge in [-0.3, -0.25) is 4.39 Å². The molecule has 1 aromatic rings. The quantitative estimate of drug-likeness (QED) is 0.763. The van der Waals surface area contributed by atoms with Crippen molar-refractivity contribution in [2.75, 3.05) is 33.2 Å². The molecule has 0 unspecified atom stereocenters. The molecule has 1 rings (SSSR count). The molecule has 5 heteroatoms. The fourth-order valence-corrected chi connectivity index (χ4v) is 2.39. The summed E-state index contributed by atoms with van der Waals surface area (Å²) in [5.41, 5.74) is 6.55. The molecule has 0 heterocycles. The van der Waals surface area contributed by atoms with Gasteiger partial charge in [-0.2, -0.15) is 0 Å². The van der Waals surface area contributed by atoms with E-state index in [-0.39, 0.29) is 6.67 Å². The lowest BCUT2D eigenvalue weighted by Gasteiger charge is -2.15. The first-order valence-electron chi connectivity index (χ1n) is 5.41. The van der Waals surface area contributed by atoms with E-state index in [1.807, 2.05) is 12.1 Å². The Morgan fingerprint density at radius 1 is 1.24 bits per heavy atom. The average Bonchev–Trinajstić information content (AvgIpc) is 2.36. The predicted octanol–water partition coefficient (Wildman–Crippen LogP) is 2.27. The summed E-state index contributed by atoms with van der Waals surface area (Å²) >= 11 is 1.42. The van der Waals surface area contributed by atoms with Crippen molar-refractivity contribution in [3.8, 4) is 11.5 Å². The molecule has 0 radical (unpaired) electrons. The van der Waals surface area contributed by atoms with Gasteiger partial charge in [0.05, 0.1) is 25.8 Å². The molecule has 17 heavy (non-hydrogen) atoms. The van der Waals surface area contributed by atoms with Gasteiger partial charge in [-0.1, -0.05) is 6.07 Å². The molecular formula is C12H18FNO2S. The van der Waals surface area contributed by atoms with E-state index in [4.69, 9.17) is 15.2 Å². The molecule has 0 fully saturated rings. The van der Waals surface area contributed by atoms with Gasteiger partial charge in [0.2, 0.25) is 0 Å². The van der Waals surface area contributed by atoms with Crippen LogP contribution in [0.5, 0.6) is 11.5 Å².